The van der Waals surface area contributed by atoms with Crippen molar-refractivity contribution in [2.24, 2.45) is 0 Å². The van der Waals surface area contributed by atoms with Gasteiger partial charge in [0.1, 0.15) is 5.82 Å². The number of thioether (sulfide) groups is 1. The van der Waals surface area contributed by atoms with Gasteiger partial charge in [-0.25, -0.2) is 4.39 Å². The summed E-state index contributed by atoms with van der Waals surface area (Å²) in [6.45, 7) is 8.52. The Labute approximate surface area is 154 Å². The highest BCUT2D eigenvalue weighted by Crippen LogP contribution is 2.24. The van der Waals surface area contributed by atoms with Gasteiger partial charge in [0.2, 0.25) is 5.91 Å². The molecule has 1 amide bonds. The summed E-state index contributed by atoms with van der Waals surface area (Å²) in [7, 11) is 0. The number of amides is 1. The Morgan fingerprint density at radius 3 is 2.36 bits per heavy atom. The average molecular weight is 360 g/mol. The molecule has 0 aliphatic heterocycles. The number of hydrogen-bond donors (Lipinski definition) is 1. The molecule has 2 aromatic rings. The van der Waals surface area contributed by atoms with Crippen LogP contribution in [0.15, 0.2) is 48.5 Å². The van der Waals surface area contributed by atoms with E-state index in [9.17, 15) is 9.18 Å². The normalized spacial score (nSPS) is 12.7. The van der Waals surface area contributed by atoms with E-state index >= 15 is 0 Å². The van der Waals surface area contributed by atoms with Gasteiger partial charge in [-0.1, -0.05) is 63.2 Å². The lowest BCUT2D eigenvalue weighted by atomic mass is 9.86. The third kappa shape index (κ3) is 5.89. The van der Waals surface area contributed by atoms with Crippen LogP contribution in [0.1, 0.15) is 50.4 Å². The monoisotopic (exact) mass is 359 g/mol. The molecule has 0 fully saturated rings. The number of halogens is 1. The van der Waals surface area contributed by atoms with Crippen LogP contribution in [0.25, 0.3) is 0 Å². The van der Waals surface area contributed by atoms with Gasteiger partial charge in [-0.3, -0.25) is 4.79 Å². The van der Waals surface area contributed by atoms with E-state index in [1.165, 1.54) is 23.4 Å². The molecule has 1 unspecified atom stereocenters. The van der Waals surface area contributed by atoms with Crippen molar-refractivity contribution in [2.45, 2.75) is 44.9 Å². The van der Waals surface area contributed by atoms with Crippen molar-refractivity contribution >= 4 is 17.7 Å². The molecule has 0 saturated heterocycles. The quantitative estimate of drug-likeness (QED) is 0.765. The standard InChI is InChI=1S/C21H26FNOS/c1-15(16-9-11-18(12-10-16)21(2,3)4)23-20(24)14-25-13-17-7-5-6-8-19(17)22/h5-12,15H,13-14H2,1-4H3,(H,23,24). The van der Waals surface area contributed by atoms with Crippen LogP contribution in [0.2, 0.25) is 0 Å². The van der Waals surface area contributed by atoms with E-state index in [2.05, 4.69) is 50.4 Å². The molecule has 1 atom stereocenters. The zero-order chi connectivity index (χ0) is 18.4. The zero-order valence-corrected chi connectivity index (χ0v) is 16.1. The second-order valence-electron chi connectivity index (χ2n) is 7.25. The van der Waals surface area contributed by atoms with Gasteiger partial charge in [0, 0.05) is 5.75 Å². The minimum absolute atomic E-state index is 0.0336. The first-order chi connectivity index (χ1) is 11.8. The molecule has 4 heteroatoms. The summed E-state index contributed by atoms with van der Waals surface area (Å²) in [6, 6.07) is 15.0. The van der Waals surface area contributed by atoms with Crippen LogP contribution >= 0.6 is 11.8 Å². The number of carbonyl (C=O) groups is 1. The van der Waals surface area contributed by atoms with Crippen LogP contribution in [-0.4, -0.2) is 11.7 Å². The molecule has 0 heterocycles. The molecule has 0 bridgehead atoms. The molecule has 0 radical (unpaired) electrons. The third-order valence-corrected chi connectivity index (χ3v) is 5.08. The minimum atomic E-state index is -0.220. The molecule has 0 aliphatic carbocycles. The van der Waals surface area contributed by atoms with Crippen LogP contribution in [0, 0.1) is 5.82 Å². The summed E-state index contributed by atoms with van der Waals surface area (Å²) < 4.78 is 13.5. The molecule has 0 aliphatic rings. The first-order valence-electron chi connectivity index (χ1n) is 8.48. The molecule has 1 N–H and O–H groups in total. The second kappa shape index (κ2) is 8.52. The minimum Gasteiger partial charge on any atom is -0.349 e. The average Bonchev–Trinajstić information content (AvgIpc) is 2.56. The van der Waals surface area contributed by atoms with Crippen molar-refractivity contribution < 1.29 is 9.18 Å². The van der Waals surface area contributed by atoms with Crippen molar-refractivity contribution in [3.05, 3.63) is 71.0 Å². The van der Waals surface area contributed by atoms with Crippen LogP contribution in [0.4, 0.5) is 4.39 Å². The lowest BCUT2D eigenvalue weighted by Crippen LogP contribution is -2.28. The predicted molar refractivity (Wildman–Crippen MR) is 104 cm³/mol. The number of rotatable bonds is 6. The summed E-state index contributed by atoms with van der Waals surface area (Å²) >= 11 is 1.42. The Hall–Kier alpha value is -1.81. The second-order valence-corrected chi connectivity index (χ2v) is 8.23. The van der Waals surface area contributed by atoms with E-state index in [-0.39, 0.29) is 23.2 Å². The molecule has 2 rings (SSSR count). The number of benzene rings is 2. The fourth-order valence-corrected chi connectivity index (χ4v) is 3.33. The Morgan fingerprint density at radius 1 is 1.12 bits per heavy atom. The first-order valence-corrected chi connectivity index (χ1v) is 9.64. The molecule has 0 spiro atoms. The van der Waals surface area contributed by atoms with E-state index < -0.39 is 0 Å². The van der Waals surface area contributed by atoms with Gasteiger partial charge in [0.25, 0.3) is 0 Å². The highest BCUT2D eigenvalue weighted by atomic mass is 32.2. The maximum absolute atomic E-state index is 13.5. The van der Waals surface area contributed by atoms with E-state index in [0.717, 1.165) is 5.56 Å². The topological polar surface area (TPSA) is 29.1 Å². The molecule has 134 valence electrons. The van der Waals surface area contributed by atoms with Gasteiger partial charge in [-0.2, -0.15) is 0 Å². The van der Waals surface area contributed by atoms with E-state index in [4.69, 9.17) is 0 Å². The Morgan fingerprint density at radius 2 is 1.76 bits per heavy atom. The molecule has 0 saturated carbocycles. The lowest BCUT2D eigenvalue weighted by Gasteiger charge is -2.20. The zero-order valence-electron chi connectivity index (χ0n) is 15.3. The Bertz CT molecular complexity index is 707. The summed E-state index contributed by atoms with van der Waals surface area (Å²) in [5.74, 6) is 0.560. The SMILES string of the molecule is CC(NC(=O)CSCc1ccccc1F)c1ccc(C(C)(C)C)cc1. The highest BCUT2D eigenvalue weighted by molar-refractivity contribution is 7.99. The third-order valence-electron chi connectivity index (χ3n) is 4.10. The van der Waals surface area contributed by atoms with Gasteiger partial charge in [0.05, 0.1) is 11.8 Å². The van der Waals surface area contributed by atoms with Gasteiger partial charge in [-0.05, 0) is 35.1 Å². The van der Waals surface area contributed by atoms with E-state index in [1.807, 2.05) is 13.0 Å². The van der Waals surface area contributed by atoms with Crippen molar-refractivity contribution in [2.75, 3.05) is 5.75 Å². The largest absolute Gasteiger partial charge is 0.349 e. The molecule has 25 heavy (non-hydrogen) atoms. The molecule has 0 aromatic heterocycles. The van der Waals surface area contributed by atoms with Crippen LogP contribution in [0.5, 0.6) is 0 Å². The summed E-state index contributed by atoms with van der Waals surface area (Å²) in [6.07, 6.45) is 0. The van der Waals surface area contributed by atoms with Crippen molar-refractivity contribution in [3.63, 3.8) is 0 Å². The fraction of sp³-hybridized carbons (Fsp3) is 0.381. The highest BCUT2D eigenvalue weighted by Gasteiger charge is 2.15. The van der Waals surface area contributed by atoms with Gasteiger partial charge in [-0.15, -0.1) is 11.8 Å². The lowest BCUT2D eigenvalue weighted by molar-refractivity contribution is -0.119. The number of hydrogen-bond acceptors (Lipinski definition) is 2. The fourth-order valence-electron chi connectivity index (χ4n) is 2.51. The summed E-state index contributed by atoms with van der Waals surface area (Å²) in [4.78, 5) is 12.1. The summed E-state index contributed by atoms with van der Waals surface area (Å²) in [5.41, 5.74) is 3.11. The smallest absolute Gasteiger partial charge is 0.230 e. The van der Waals surface area contributed by atoms with Crippen LogP contribution in [0.3, 0.4) is 0 Å². The van der Waals surface area contributed by atoms with E-state index in [1.54, 1.807) is 12.1 Å². The molecule has 2 aromatic carbocycles. The van der Waals surface area contributed by atoms with Crippen molar-refractivity contribution in [3.8, 4) is 0 Å². The van der Waals surface area contributed by atoms with Gasteiger partial charge >= 0.3 is 0 Å². The molecular weight excluding hydrogens is 333 g/mol. The van der Waals surface area contributed by atoms with Gasteiger partial charge < -0.3 is 5.32 Å². The van der Waals surface area contributed by atoms with E-state index in [0.29, 0.717) is 17.1 Å². The van der Waals surface area contributed by atoms with Crippen molar-refractivity contribution in [1.29, 1.82) is 0 Å². The van der Waals surface area contributed by atoms with Crippen molar-refractivity contribution in [1.82, 2.24) is 5.32 Å². The Kier molecular flexibility index (Phi) is 6.65. The molecular formula is C21H26FNOS. The molecule has 2 nitrogen and oxygen atoms in total. The predicted octanol–water partition coefficient (Wildman–Crippen LogP) is 5.23. The summed E-state index contributed by atoms with van der Waals surface area (Å²) in [5, 5.41) is 3.00. The number of carbonyl (C=O) groups excluding carboxylic acids is 1. The maximum Gasteiger partial charge on any atom is 0.230 e. The van der Waals surface area contributed by atoms with Crippen LogP contribution in [-0.2, 0) is 16.0 Å². The maximum atomic E-state index is 13.5. The van der Waals surface area contributed by atoms with Gasteiger partial charge in [0.15, 0.2) is 0 Å². The Balaban J connectivity index is 1.82. The first kappa shape index (κ1) is 19.5. The van der Waals surface area contributed by atoms with Crippen LogP contribution < -0.4 is 5.32 Å². The number of nitrogens with one attached hydrogen (secondary N) is 1.